The van der Waals surface area contributed by atoms with Gasteiger partial charge in [-0.1, -0.05) is 6.92 Å². The van der Waals surface area contributed by atoms with Gasteiger partial charge in [0.15, 0.2) is 5.82 Å². The Hall–Kier alpha value is -4.01. The van der Waals surface area contributed by atoms with Gasteiger partial charge in [-0.15, -0.1) is 0 Å². The van der Waals surface area contributed by atoms with Crippen LogP contribution in [-0.4, -0.2) is 64.9 Å². The maximum atomic E-state index is 13.2. The summed E-state index contributed by atoms with van der Waals surface area (Å²) in [7, 11) is 3.53. The Kier molecular flexibility index (Phi) is 6.80. The number of nitriles is 1. The average Bonchev–Trinajstić information content (AvgIpc) is 3.38. The molecule has 2 aromatic heterocycles. The maximum Gasteiger partial charge on any atom is 0.414 e. The van der Waals surface area contributed by atoms with Crippen LogP contribution in [0.4, 0.5) is 22.2 Å². The van der Waals surface area contributed by atoms with Crippen molar-refractivity contribution >= 4 is 23.5 Å². The SMILES string of the molecule is COCC1(C)CN(C(=O)OC(C)(C)C)c2c(C#N)cc(-c3ccnc(Nc4cc(C5(C)COC5)n(C)n4)n3)cc21. The summed E-state index contributed by atoms with van der Waals surface area (Å²) in [6, 6.07) is 9.78. The van der Waals surface area contributed by atoms with Gasteiger partial charge in [-0.3, -0.25) is 9.58 Å². The first kappa shape index (κ1) is 27.6. The largest absolute Gasteiger partial charge is 0.443 e. The van der Waals surface area contributed by atoms with Crippen LogP contribution < -0.4 is 10.2 Å². The lowest BCUT2D eigenvalue weighted by Gasteiger charge is -2.37. The molecule has 1 atom stereocenters. The zero-order valence-electron chi connectivity index (χ0n) is 24.0. The number of hydrogen-bond donors (Lipinski definition) is 1. The first-order valence-corrected chi connectivity index (χ1v) is 13.2. The molecule has 1 unspecified atom stereocenters. The number of nitrogens with zero attached hydrogens (tertiary/aromatic N) is 6. The lowest BCUT2D eigenvalue weighted by molar-refractivity contribution is -0.0537. The number of amides is 1. The van der Waals surface area contributed by atoms with Crippen molar-refractivity contribution < 1.29 is 19.0 Å². The van der Waals surface area contributed by atoms with Crippen molar-refractivity contribution in [2.45, 2.75) is 51.0 Å². The molecule has 0 saturated carbocycles. The summed E-state index contributed by atoms with van der Waals surface area (Å²) in [6.07, 6.45) is 1.17. The van der Waals surface area contributed by atoms with E-state index in [4.69, 9.17) is 19.2 Å². The van der Waals surface area contributed by atoms with E-state index < -0.39 is 17.1 Å². The van der Waals surface area contributed by atoms with Crippen LogP contribution >= 0.6 is 0 Å². The molecule has 11 heteroatoms. The molecule has 0 radical (unpaired) electrons. The second-order valence-corrected chi connectivity index (χ2v) is 12.1. The van der Waals surface area contributed by atoms with Gasteiger partial charge in [0.25, 0.3) is 0 Å². The molecular weight excluding hydrogens is 510 g/mol. The number of methoxy groups -OCH3 is 1. The number of ether oxygens (including phenoxy) is 3. The van der Waals surface area contributed by atoms with Gasteiger partial charge in [0.2, 0.25) is 5.95 Å². The molecule has 1 saturated heterocycles. The number of fused-ring (bicyclic) bond motifs is 1. The number of nitrogens with one attached hydrogen (secondary N) is 1. The lowest BCUT2D eigenvalue weighted by atomic mass is 9.83. The van der Waals surface area contributed by atoms with Crippen molar-refractivity contribution in [3.8, 4) is 17.3 Å². The average molecular weight is 546 g/mol. The van der Waals surface area contributed by atoms with Crippen LogP contribution in [-0.2, 0) is 32.1 Å². The Morgan fingerprint density at radius 3 is 2.62 bits per heavy atom. The molecule has 2 aliphatic rings. The fourth-order valence-corrected chi connectivity index (χ4v) is 5.39. The van der Waals surface area contributed by atoms with Crippen molar-refractivity contribution in [1.82, 2.24) is 19.7 Å². The van der Waals surface area contributed by atoms with Crippen LogP contribution in [0.3, 0.4) is 0 Å². The van der Waals surface area contributed by atoms with E-state index in [0.717, 1.165) is 16.8 Å². The van der Waals surface area contributed by atoms with Crippen LogP contribution in [0.25, 0.3) is 11.3 Å². The predicted octanol–water partition coefficient (Wildman–Crippen LogP) is 4.44. The van der Waals surface area contributed by atoms with Crippen LogP contribution in [0, 0.1) is 11.3 Å². The number of hydrogen-bond acceptors (Lipinski definition) is 9. The van der Waals surface area contributed by atoms with E-state index >= 15 is 0 Å². The maximum absolute atomic E-state index is 13.2. The predicted molar refractivity (Wildman–Crippen MR) is 150 cm³/mol. The van der Waals surface area contributed by atoms with Crippen LogP contribution in [0.2, 0.25) is 0 Å². The second-order valence-electron chi connectivity index (χ2n) is 12.1. The van der Waals surface area contributed by atoms with E-state index in [1.807, 2.05) is 51.6 Å². The molecule has 1 amide bonds. The van der Waals surface area contributed by atoms with Gasteiger partial charge in [0.05, 0.1) is 47.9 Å². The Labute approximate surface area is 234 Å². The van der Waals surface area contributed by atoms with Crippen LogP contribution in [0.15, 0.2) is 30.5 Å². The van der Waals surface area contributed by atoms with Gasteiger partial charge < -0.3 is 19.5 Å². The molecule has 2 aliphatic heterocycles. The first-order chi connectivity index (χ1) is 18.9. The minimum absolute atomic E-state index is 0.0649. The van der Waals surface area contributed by atoms with Crippen LogP contribution in [0.5, 0.6) is 0 Å². The van der Waals surface area contributed by atoms with Gasteiger partial charge in [-0.25, -0.2) is 14.8 Å². The van der Waals surface area contributed by atoms with E-state index in [9.17, 15) is 10.1 Å². The molecule has 4 heterocycles. The number of anilines is 3. The summed E-state index contributed by atoms with van der Waals surface area (Å²) in [4.78, 5) is 23.8. The summed E-state index contributed by atoms with van der Waals surface area (Å²) < 4.78 is 18.5. The van der Waals surface area contributed by atoms with Gasteiger partial charge in [-0.05, 0) is 51.5 Å². The highest BCUT2D eigenvalue weighted by molar-refractivity contribution is 5.95. The summed E-state index contributed by atoms with van der Waals surface area (Å²) in [5.74, 6) is 1.02. The molecule has 210 valence electrons. The minimum Gasteiger partial charge on any atom is -0.443 e. The number of carbonyl (C=O) groups is 1. The molecule has 1 fully saturated rings. The number of rotatable bonds is 6. The molecule has 1 N–H and O–H groups in total. The summed E-state index contributed by atoms with van der Waals surface area (Å²) in [6.45, 7) is 11.6. The standard InChI is InChI=1S/C29H35N7O4/c1-27(2,3)40-26(37)36-14-28(4,15-38-7)20-11-18(10-19(13-30)24(20)36)21-8-9-31-25(32-21)33-23-12-22(35(6)34-23)29(5)16-39-17-29/h8-12H,14-17H2,1-7H3,(H,31,32,33,34). The van der Waals surface area contributed by atoms with E-state index in [1.165, 1.54) is 0 Å². The van der Waals surface area contributed by atoms with Crippen molar-refractivity contribution in [2.75, 3.05) is 43.7 Å². The topological polar surface area (TPSA) is 127 Å². The lowest BCUT2D eigenvalue weighted by Crippen LogP contribution is -2.45. The molecule has 3 aromatic rings. The van der Waals surface area contributed by atoms with E-state index in [0.29, 0.717) is 55.1 Å². The summed E-state index contributed by atoms with van der Waals surface area (Å²) >= 11 is 0. The van der Waals surface area contributed by atoms with Crippen LogP contribution in [0.1, 0.15) is 51.4 Å². The highest BCUT2D eigenvalue weighted by atomic mass is 16.6. The Morgan fingerprint density at radius 1 is 1.25 bits per heavy atom. The van der Waals surface area contributed by atoms with E-state index in [1.54, 1.807) is 30.3 Å². The van der Waals surface area contributed by atoms with Gasteiger partial charge in [-0.2, -0.15) is 10.4 Å². The Balaban J connectivity index is 1.50. The molecule has 0 aliphatic carbocycles. The zero-order valence-corrected chi connectivity index (χ0v) is 24.0. The number of aromatic nitrogens is 4. The summed E-state index contributed by atoms with van der Waals surface area (Å²) in [5, 5.41) is 17.9. The highest BCUT2D eigenvalue weighted by Crippen LogP contribution is 2.45. The third kappa shape index (κ3) is 5.00. The Bertz CT molecular complexity index is 1500. The third-order valence-corrected chi connectivity index (χ3v) is 7.27. The zero-order chi connectivity index (χ0) is 28.9. The molecule has 0 spiro atoms. The van der Waals surface area contributed by atoms with Crippen molar-refractivity contribution in [1.29, 1.82) is 5.26 Å². The van der Waals surface area contributed by atoms with E-state index in [-0.39, 0.29) is 5.41 Å². The smallest absolute Gasteiger partial charge is 0.414 e. The molecule has 1 aromatic carbocycles. The van der Waals surface area contributed by atoms with Gasteiger partial charge >= 0.3 is 6.09 Å². The van der Waals surface area contributed by atoms with Gasteiger partial charge in [0.1, 0.15) is 11.7 Å². The molecular formula is C29H35N7O4. The second kappa shape index (κ2) is 9.87. The van der Waals surface area contributed by atoms with Gasteiger partial charge in [0, 0.05) is 43.9 Å². The highest BCUT2D eigenvalue weighted by Gasteiger charge is 2.45. The fraction of sp³-hybridized carbons (Fsp3) is 0.483. The monoisotopic (exact) mass is 545 g/mol. The quantitative estimate of drug-likeness (QED) is 0.478. The number of benzene rings is 1. The summed E-state index contributed by atoms with van der Waals surface area (Å²) in [5.41, 5.74) is 2.87. The first-order valence-electron chi connectivity index (χ1n) is 13.2. The number of aryl methyl sites for hydroxylation is 1. The fourth-order valence-electron chi connectivity index (χ4n) is 5.39. The van der Waals surface area contributed by atoms with Crippen molar-refractivity contribution in [3.63, 3.8) is 0 Å². The van der Waals surface area contributed by atoms with E-state index in [2.05, 4.69) is 28.4 Å². The molecule has 40 heavy (non-hydrogen) atoms. The molecule has 0 bridgehead atoms. The normalized spacial score (nSPS) is 19.5. The minimum atomic E-state index is -0.674. The van der Waals surface area contributed by atoms with Crippen molar-refractivity contribution in [2.24, 2.45) is 7.05 Å². The molecule has 5 rings (SSSR count). The Morgan fingerprint density at radius 2 is 2.00 bits per heavy atom. The van der Waals surface area contributed by atoms with Crippen molar-refractivity contribution in [3.05, 3.63) is 47.3 Å². The number of carbonyl (C=O) groups excluding carboxylic acids is 1. The molecule has 11 nitrogen and oxygen atoms in total. The third-order valence-electron chi connectivity index (χ3n) is 7.27.